The summed E-state index contributed by atoms with van der Waals surface area (Å²) in [6.07, 6.45) is 1.38. The molecule has 0 aliphatic carbocycles. The predicted octanol–water partition coefficient (Wildman–Crippen LogP) is 0.709. The summed E-state index contributed by atoms with van der Waals surface area (Å²) in [5.74, 6) is 0.228. The number of nitrogens with two attached hydrogens (primary N) is 1. The molecule has 1 aromatic rings. The number of anilines is 2. The summed E-state index contributed by atoms with van der Waals surface area (Å²) in [5.41, 5.74) is 5.37. The van der Waals surface area contributed by atoms with Crippen LogP contribution in [0, 0.1) is 0 Å². The second kappa shape index (κ2) is 4.26. The van der Waals surface area contributed by atoms with Gasteiger partial charge >= 0.3 is 10.2 Å². The molecule has 1 rings (SSSR count). The fourth-order valence-corrected chi connectivity index (χ4v) is 2.29. The Morgan fingerprint density at radius 1 is 1.31 bits per heavy atom. The van der Waals surface area contributed by atoms with Crippen molar-refractivity contribution in [3.05, 3.63) is 18.3 Å². The zero-order chi connectivity index (χ0) is 12.4. The molecule has 0 spiro atoms. The lowest BCUT2D eigenvalue weighted by Gasteiger charge is -2.20. The summed E-state index contributed by atoms with van der Waals surface area (Å²) < 4.78 is 28.0. The topological polar surface area (TPSA) is 97.1 Å². The molecule has 1 aromatic heterocycles. The van der Waals surface area contributed by atoms with Crippen molar-refractivity contribution >= 4 is 21.7 Å². The quantitative estimate of drug-likeness (QED) is 0.729. The lowest BCUT2D eigenvalue weighted by atomic mass is 10.1. The molecular formula is C9H16N4O2S. The van der Waals surface area contributed by atoms with E-state index in [9.17, 15) is 8.42 Å². The molecule has 6 nitrogen and oxygen atoms in total. The molecule has 90 valence electrons. The van der Waals surface area contributed by atoms with Gasteiger partial charge in [-0.15, -0.1) is 0 Å². The Labute approximate surface area is 95.4 Å². The number of pyridine rings is 1. The van der Waals surface area contributed by atoms with Crippen LogP contribution in [0.5, 0.6) is 0 Å². The van der Waals surface area contributed by atoms with Crippen LogP contribution in [-0.4, -0.2) is 18.9 Å². The first-order valence-electron chi connectivity index (χ1n) is 4.71. The summed E-state index contributed by atoms with van der Waals surface area (Å²) >= 11 is 0. The molecule has 0 fully saturated rings. The highest BCUT2D eigenvalue weighted by molar-refractivity contribution is 7.90. The van der Waals surface area contributed by atoms with Crippen LogP contribution in [0.2, 0.25) is 0 Å². The normalized spacial score (nSPS) is 12.4. The first-order chi connectivity index (χ1) is 7.18. The molecule has 7 heteroatoms. The fourth-order valence-electron chi connectivity index (χ4n) is 1.03. The van der Waals surface area contributed by atoms with Crippen LogP contribution in [0.1, 0.15) is 20.8 Å². The molecule has 0 aliphatic heterocycles. The molecule has 16 heavy (non-hydrogen) atoms. The molecule has 0 bridgehead atoms. The number of aromatic nitrogens is 1. The molecular weight excluding hydrogens is 228 g/mol. The summed E-state index contributed by atoms with van der Waals surface area (Å²) in [6.45, 7) is 5.26. The Morgan fingerprint density at radius 2 is 1.94 bits per heavy atom. The van der Waals surface area contributed by atoms with Crippen LogP contribution in [0.25, 0.3) is 0 Å². The van der Waals surface area contributed by atoms with E-state index in [2.05, 4.69) is 14.4 Å². The lowest BCUT2D eigenvalue weighted by Crippen LogP contribution is -2.43. The van der Waals surface area contributed by atoms with E-state index in [1.54, 1.807) is 26.8 Å². The number of nitrogen functional groups attached to an aromatic ring is 1. The second-order valence-corrected chi connectivity index (χ2v) is 5.85. The van der Waals surface area contributed by atoms with Gasteiger partial charge in [0.2, 0.25) is 0 Å². The van der Waals surface area contributed by atoms with E-state index in [1.165, 1.54) is 12.3 Å². The third-order valence-corrected chi connectivity index (χ3v) is 2.82. The van der Waals surface area contributed by atoms with Crippen LogP contribution in [0.15, 0.2) is 18.3 Å². The van der Waals surface area contributed by atoms with Gasteiger partial charge in [0.1, 0.15) is 5.82 Å². The summed E-state index contributed by atoms with van der Waals surface area (Å²) in [4.78, 5) is 3.84. The van der Waals surface area contributed by atoms with Crippen molar-refractivity contribution in [1.82, 2.24) is 9.71 Å². The Hall–Kier alpha value is -1.34. The van der Waals surface area contributed by atoms with Crippen molar-refractivity contribution in [2.45, 2.75) is 26.3 Å². The van der Waals surface area contributed by atoms with Crippen LogP contribution >= 0.6 is 0 Å². The first-order valence-corrected chi connectivity index (χ1v) is 6.19. The van der Waals surface area contributed by atoms with E-state index in [4.69, 9.17) is 5.73 Å². The minimum Gasteiger partial charge on any atom is -0.397 e. The highest BCUT2D eigenvalue weighted by Gasteiger charge is 2.19. The molecule has 0 aromatic carbocycles. The maximum absolute atomic E-state index is 11.6. The molecule has 0 aliphatic rings. The van der Waals surface area contributed by atoms with Gasteiger partial charge in [-0.2, -0.15) is 13.1 Å². The van der Waals surface area contributed by atoms with Crippen molar-refractivity contribution in [2.75, 3.05) is 10.5 Å². The van der Waals surface area contributed by atoms with Crippen LogP contribution in [0.4, 0.5) is 11.5 Å². The lowest BCUT2D eigenvalue weighted by molar-refractivity contribution is 0.494. The minimum atomic E-state index is -3.61. The van der Waals surface area contributed by atoms with Crippen LogP contribution < -0.4 is 15.2 Å². The number of nitrogens with one attached hydrogen (secondary N) is 2. The van der Waals surface area contributed by atoms with Gasteiger partial charge in [0.25, 0.3) is 0 Å². The van der Waals surface area contributed by atoms with Gasteiger partial charge < -0.3 is 5.73 Å². The molecule has 0 saturated carbocycles. The number of rotatable bonds is 3. The van der Waals surface area contributed by atoms with Gasteiger partial charge in [0, 0.05) is 5.54 Å². The molecule has 0 saturated heterocycles. The molecule has 1 heterocycles. The first kappa shape index (κ1) is 12.7. The highest BCUT2D eigenvalue weighted by atomic mass is 32.2. The fraction of sp³-hybridized carbons (Fsp3) is 0.444. The average Bonchev–Trinajstić information content (AvgIpc) is 2.04. The number of hydrogen-bond acceptors (Lipinski definition) is 4. The van der Waals surface area contributed by atoms with Crippen LogP contribution in [0.3, 0.4) is 0 Å². The van der Waals surface area contributed by atoms with Crippen molar-refractivity contribution in [3.8, 4) is 0 Å². The van der Waals surface area contributed by atoms with E-state index in [0.717, 1.165) is 0 Å². The highest BCUT2D eigenvalue weighted by Crippen LogP contribution is 2.09. The third kappa shape index (κ3) is 4.45. The second-order valence-electron chi connectivity index (χ2n) is 4.43. The van der Waals surface area contributed by atoms with Gasteiger partial charge in [-0.1, -0.05) is 0 Å². The van der Waals surface area contributed by atoms with E-state index in [0.29, 0.717) is 5.69 Å². The van der Waals surface area contributed by atoms with Crippen molar-refractivity contribution in [2.24, 2.45) is 0 Å². The number of hydrogen-bond donors (Lipinski definition) is 3. The molecule has 4 N–H and O–H groups in total. The van der Waals surface area contributed by atoms with Gasteiger partial charge in [0.05, 0.1) is 11.9 Å². The van der Waals surface area contributed by atoms with Crippen molar-refractivity contribution in [1.29, 1.82) is 0 Å². The van der Waals surface area contributed by atoms with E-state index >= 15 is 0 Å². The van der Waals surface area contributed by atoms with Crippen molar-refractivity contribution in [3.63, 3.8) is 0 Å². The van der Waals surface area contributed by atoms with E-state index in [1.807, 2.05) is 0 Å². The Kier molecular flexibility index (Phi) is 3.39. The summed E-state index contributed by atoms with van der Waals surface area (Å²) in [5, 5.41) is 0. The van der Waals surface area contributed by atoms with Gasteiger partial charge in [-0.25, -0.2) is 4.98 Å². The number of nitrogens with zero attached hydrogens (tertiary/aromatic N) is 1. The molecule has 0 unspecified atom stereocenters. The average molecular weight is 244 g/mol. The largest absolute Gasteiger partial charge is 0.397 e. The smallest absolute Gasteiger partial charge is 0.300 e. The monoisotopic (exact) mass is 244 g/mol. The van der Waals surface area contributed by atoms with E-state index < -0.39 is 15.7 Å². The predicted molar refractivity (Wildman–Crippen MR) is 64.1 cm³/mol. The van der Waals surface area contributed by atoms with Gasteiger partial charge in [-0.05, 0) is 32.9 Å². The van der Waals surface area contributed by atoms with Gasteiger partial charge in [-0.3, -0.25) is 4.72 Å². The molecule has 0 amide bonds. The maximum atomic E-state index is 11.6. The van der Waals surface area contributed by atoms with Gasteiger partial charge in [0.15, 0.2) is 0 Å². The molecule has 0 atom stereocenters. The minimum absolute atomic E-state index is 0.228. The molecule has 0 radical (unpaired) electrons. The summed E-state index contributed by atoms with van der Waals surface area (Å²) in [7, 11) is -3.61. The van der Waals surface area contributed by atoms with Crippen LogP contribution in [-0.2, 0) is 10.2 Å². The SMILES string of the molecule is CC(C)(C)NS(=O)(=O)Nc1ccc(N)cn1. The zero-order valence-corrected chi connectivity index (χ0v) is 10.3. The summed E-state index contributed by atoms with van der Waals surface area (Å²) in [6, 6.07) is 3.07. The Morgan fingerprint density at radius 3 is 2.38 bits per heavy atom. The van der Waals surface area contributed by atoms with E-state index in [-0.39, 0.29) is 5.82 Å². The Balaban J connectivity index is 2.77. The standard InChI is InChI=1S/C9H16N4O2S/c1-9(2,3)13-16(14,15)12-8-5-4-7(10)6-11-8/h4-6,13H,10H2,1-3H3,(H,11,12). The Bertz CT molecular complexity index is 447. The maximum Gasteiger partial charge on any atom is 0.300 e. The zero-order valence-electron chi connectivity index (χ0n) is 9.48. The van der Waals surface area contributed by atoms with Crippen molar-refractivity contribution < 1.29 is 8.42 Å². The third-order valence-electron chi connectivity index (χ3n) is 1.47.